The number of halogens is 1. The maximum absolute atomic E-state index is 13.4. The molecule has 1 N–H and O–H groups in total. The van der Waals surface area contributed by atoms with Gasteiger partial charge in [-0.25, -0.2) is 4.39 Å². The highest BCUT2D eigenvalue weighted by Gasteiger charge is 2.44. The summed E-state index contributed by atoms with van der Waals surface area (Å²) in [4.78, 5) is 25.6. The molecule has 1 heterocycles. The van der Waals surface area contributed by atoms with E-state index in [2.05, 4.69) is 0 Å². The second-order valence-corrected chi connectivity index (χ2v) is 6.14. The number of aliphatic carboxylic acids is 1. The summed E-state index contributed by atoms with van der Waals surface area (Å²) in [7, 11) is 0. The van der Waals surface area contributed by atoms with Crippen molar-refractivity contribution in [3.05, 3.63) is 29.6 Å². The molecule has 0 saturated heterocycles. The van der Waals surface area contributed by atoms with Crippen LogP contribution in [0.2, 0.25) is 0 Å². The predicted molar refractivity (Wildman–Crippen MR) is 75.5 cm³/mol. The zero-order chi connectivity index (χ0) is 15.1. The van der Waals surface area contributed by atoms with Crippen LogP contribution in [0.5, 0.6) is 0 Å². The largest absolute Gasteiger partial charge is 0.481 e. The van der Waals surface area contributed by atoms with Crippen LogP contribution in [0.15, 0.2) is 18.2 Å². The first-order chi connectivity index (χ1) is 9.97. The first-order valence-corrected chi connectivity index (χ1v) is 7.30. The molecule has 2 aliphatic rings. The number of nitrogens with zero attached hydrogens (tertiary/aromatic N) is 1. The summed E-state index contributed by atoms with van der Waals surface area (Å²) < 4.78 is 13.4. The number of carboxylic acid groups (broad SMARTS) is 1. The third kappa shape index (κ3) is 2.41. The molecule has 1 aromatic rings. The Hall–Kier alpha value is -1.91. The minimum Gasteiger partial charge on any atom is -0.481 e. The molecule has 1 saturated carbocycles. The van der Waals surface area contributed by atoms with Crippen molar-refractivity contribution >= 4 is 17.6 Å². The van der Waals surface area contributed by atoms with Crippen LogP contribution >= 0.6 is 0 Å². The lowest BCUT2D eigenvalue weighted by Gasteiger charge is -2.23. The fraction of sp³-hybridized carbons (Fsp3) is 0.500. The van der Waals surface area contributed by atoms with Gasteiger partial charge in [-0.3, -0.25) is 9.59 Å². The van der Waals surface area contributed by atoms with Gasteiger partial charge in [0.2, 0.25) is 5.91 Å². The van der Waals surface area contributed by atoms with Gasteiger partial charge in [0.05, 0.1) is 11.8 Å². The van der Waals surface area contributed by atoms with Crippen LogP contribution in [0.25, 0.3) is 0 Å². The van der Waals surface area contributed by atoms with Gasteiger partial charge in [0, 0.05) is 12.2 Å². The van der Waals surface area contributed by atoms with Crippen molar-refractivity contribution in [2.45, 2.75) is 26.2 Å². The first-order valence-electron chi connectivity index (χ1n) is 7.30. The summed E-state index contributed by atoms with van der Waals surface area (Å²) >= 11 is 0. The SMILES string of the molecule is CC1CC(C(=O)O)C(C(=O)N2CCc3ccc(F)cc32)C1. The Balaban J connectivity index is 1.87. The molecule has 0 radical (unpaired) electrons. The third-order valence-electron chi connectivity index (χ3n) is 4.64. The lowest BCUT2D eigenvalue weighted by Crippen LogP contribution is -2.38. The molecule has 0 bridgehead atoms. The van der Waals surface area contributed by atoms with Crippen molar-refractivity contribution in [2.24, 2.45) is 17.8 Å². The van der Waals surface area contributed by atoms with E-state index in [0.717, 1.165) is 5.56 Å². The van der Waals surface area contributed by atoms with Crippen LogP contribution in [0, 0.1) is 23.6 Å². The predicted octanol–water partition coefficient (Wildman–Crippen LogP) is 2.46. The Morgan fingerprint density at radius 3 is 2.71 bits per heavy atom. The van der Waals surface area contributed by atoms with Crippen molar-refractivity contribution in [3.63, 3.8) is 0 Å². The second-order valence-electron chi connectivity index (χ2n) is 6.14. The molecule has 5 heteroatoms. The molecule has 1 aromatic carbocycles. The lowest BCUT2D eigenvalue weighted by molar-refractivity contribution is -0.145. The number of hydrogen-bond donors (Lipinski definition) is 1. The zero-order valence-electron chi connectivity index (χ0n) is 11.9. The molecule has 1 aliphatic carbocycles. The van der Waals surface area contributed by atoms with Gasteiger partial charge in [-0.15, -0.1) is 0 Å². The molecule has 0 spiro atoms. The standard InChI is InChI=1S/C16H18FNO3/c1-9-6-12(13(7-9)16(20)21)15(19)18-5-4-10-2-3-11(17)8-14(10)18/h2-3,8-9,12-13H,4-7H2,1H3,(H,20,21). The normalized spacial score (nSPS) is 27.7. The van der Waals surface area contributed by atoms with E-state index in [1.54, 1.807) is 11.0 Å². The molecule has 1 fully saturated rings. The summed E-state index contributed by atoms with van der Waals surface area (Å²) in [6, 6.07) is 4.46. The second kappa shape index (κ2) is 5.13. The molecule has 4 nitrogen and oxygen atoms in total. The third-order valence-corrected chi connectivity index (χ3v) is 4.64. The van der Waals surface area contributed by atoms with E-state index in [0.29, 0.717) is 31.5 Å². The van der Waals surface area contributed by atoms with Gasteiger partial charge in [0.25, 0.3) is 0 Å². The van der Waals surface area contributed by atoms with Gasteiger partial charge in [-0.1, -0.05) is 13.0 Å². The number of carbonyl (C=O) groups excluding carboxylic acids is 1. The fourth-order valence-electron chi connectivity index (χ4n) is 3.62. The van der Waals surface area contributed by atoms with Crippen molar-refractivity contribution < 1.29 is 19.1 Å². The fourth-order valence-corrected chi connectivity index (χ4v) is 3.62. The minimum atomic E-state index is -0.906. The number of rotatable bonds is 2. The monoisotopic (exact) mass is 291 g/mol. The van der Waals surface area contributed by atoms with Gasteiger partial charge >= 0.3 is 5.97 Å². The molecule has 112 valence electrons. The molecule has 3 atom stereocenters. The number of carboxylic acids is 1. The molecule has 21 heavy (non-hydrogen) atoms. The van der Waals surface area contributed by atoms with Crippen LogP contribution in [-0.4, -0.2) is 23.5 Å². The van der Waals surface area contributed by atoms with E-state index in [1.165, 1.54) is 12.1 Å². The molecular formula is C16H18FNO3. The van der Waals surface area contributed by atoms with Crippen molar-refractivity contribution in [3.8, 4) is 0 Å². The van der Waals surface area contributed by atoms with Crippen LogP contribution in [0.4, 0.5) is 10.1 Å². The summed E-state index contributed by atoms with van der Waals surface area (Å²) in [5.41, 5.74) is 1.55. The van der Waals surface area contributed by atoms with Gasteiger partial charge in [-0.05, 0) is 42.9 Å². The number of benzene rings is 1. The Labute approximate surface area is 122 Å². The number of hydrogen-bond acceptors (Lipinski definition) is 2. The zero-order valence-corrected chi connectivity index (χ0v) is 11.9. The smallest absolute Gasteiger partial charge is 0.307 e. The molecule has 0 aromatic heterocycles. The van der Waals surface area contributed by atoms with E-state index in [9.17, 15) is 19.1 Å². The van der Waals surface area contributed by atoms with Crippen molar-refractivity contribution in [2.75, 3.05) is 11.4 Å². The van der Waals surface area contributed by atoms with Crippen LogP contribution in [0.3, 0.4) is 0 Å². The Kier molecular flexibility index (Phi) is 3.43. The highest BCUT2D eigenvalue weighted by atomic mass is 19.1. The number of amides is 1. The molecule has 3 unspecified atom stereocenters. The maximum Gasteiger partial charge on any atom is 0.307 e. The molecule has 3 rings (SSSR count). The van der Waals surface area contributed by atoms with E-state index < -0.39 is 17.8 Å². The van der Waals surface area contributed by atoms with E-state index in [4.69, 9.17) is 0 Å². The van der Waals surface area contributed by atoms with E-state index in [1.807, 2.05) is 6.92 Å². The van der Waals surface area contributed by atoms with Crippen LogP contribution < -0.4 is 4.90 Å². The molecule has 1 aliphatic heterocycles. The minimum absolute atomic E-state index is 0.170. The Morgan fingerprint density at radius 2 is 2.00 bits per heavy atom. The van der Waals surface area contributed by atoms with Gasteiger partial charge in [0.1, 0.15) is 5.82 Å². The molecule has 1 amide bonds. The summed E-state index contributed by atoms with van der Waals surface area (Å²) in [5, 5.41) is 9.30. The summed E-state index contributed by atoms with van der Waals surface area (Å²) in [5.74, 6) is -2.33. The number of fused-ring (bicyclic) bond motifs is 1. The lowest BCUT2D eigenvalue weighted by atomic mass is 9.94. The van der Waals surface area contributed by atoms with Crippen molar-refractivity contribution in [1.82, 2.24) is 0 Å². The van der Waals surface area contributed by atoms with Gasteiger partial charge in [0.15, 0.2) is 0 Å². The topological polar surface area (TPSA) is 57.6 Å². The first kappa shape index (κ1) is 14.0. The average Bonchev–Trinajstić information content (AvgIpc) is 3.01. The summed E-state index contributed by atoms with van der Waals surface area (Å²) in [6.07, 6.45) is 1.83. The van der Waals surface area contributed by atoms with E-state index >= 15 is 0 Å². The average molecular weight is 291 g/mol. The maximum atomic E-state index is 13.4. The van der Waals surface area contributed by atoms with Crippen LogP contribution in [-0.2, 0) is 16.0 Å². The van der Waals surface area contributed by atoms with Gasteiger partial charge < -0.3 is 10.0 Å². The van der Waals surface area contributed by atoms with Crippen LogP contribution in [0.1, 0.15) is 25.3 Å². The molecular weight excluding hydrogens is 273 g/mol. The van der Waals surface area contributed by atoms with Gasteiger partial charge in [-0.2, -0.15) is 0 Å². The quantitative estimate of drug-likeness (QED) is 0.910. The Bertz CT molecular complexity index is 601. The summed E-state index contributed by atoms with van der Waals surface area (Å²) in [6.45, 7) is 2.48. The highest BCUT2D eigenvalue weighted by Crippen LogP contribution is 2.40. The number of carbonyl (C=O) groups is 2. The number of anilines is 1. The highest BCUT2D eigenvalue weighted by molar-refractivity contribution is 5.99. The van der Waals surface area contributed by atoms with Crippen molar-refractivity contribution in [1.29, 1.82) is 0 Å². The van der Waals surface area contributed by atoms with E-state index in [-0.39, 0.29) is 17.6 Å². The Morgan fingerprint density at radius 1 is 1.29 bits per heavy atom.